The molecule has 9 aromatic rings. The molecule has 524 valence electrons. The first-order valence-electron chi connectivity index (χ1n) is 30.7. The Labute approximate surface area is 631 Å². The molecule has 0 saturated carbocycles. The summed E-state index contributed by atoms with van der Waals surface area (Å²) in [7, 11) is 5.99. The molecule has 0 aliphatic carbocycles. The molecule has 3 aromatic heterocycles. The van der Waals surface area contributed by atoms with E-state index < -0.39 is 17.7 Å². The van der Waals surface area contributed by atoms with Gasteiger partial charge in [-0.1, -0.05) is 123 Å². The van der Waals surface area contributed by atoms with Gasteiger partial charge in [-0.3, -0.25) is 44.6 Å². The van der Waals surface area contributed by atoms with E-state index in [-0.39, 0.29) is 95.4 Å². The average molecular weight is 1550 g/mol. The number of methoxy groups -OCH3 is 3. The number of pyridine rings is 3. The minimum Gasteiger partial charge on any atom is -0.496 e. The standard InChI is InChI=1S/C25H21Cl3N4O3.C24H19Cl3N4O3.C24H20Cl3N3O3/c1-35-22-11-16(27)10-19(25(34)31-23-6-4-15(26)13-30-23)18(22)12-21(33)17-5-3-14(9-20(17)28)24(29)32-7-2-8-32;1-34-21-10-15(26)9-18(24(33)30-22-5-3-14(25)12-29-22)17(21)11-20(32)16-4-2-13(8-19(16)27)23(28)31-6-7-31;1-13(28-2)14-4-6-17(20(27)8-14)21(31)11-18-19(9-16(26)10-22(18)33-3)24(32)30-23-7-5-15(25)12-29-23/h3-6,9-11,13,29H,2,7-8,12H2,1H3,(H,30,31,34);2-5,8-10,12,28H,6-7,11H2,1H3,(H,29,30,33);4-10,12H,11H2,1-3H3,(H,29,30,32). The third kappa shape index (κ3) is 19.7. The van der Waals surface area contributed by atoms with Crippen LogP contribution in [0.2, 0.25) is 45.2 Å². The molecule has 29 heteroatoms. The maximum Gasteiger partial charge on any atom is 0.257 e. The monoisotopic (exact) mass is 1550 g/mol. The van der Waals surface area contributed by atoms with E-state index in [1.807, 2.05) is 16.7 Å². The molecule has 6 aromatic carbocycles. The number of hydrogen-bond donors (Lipinski definition) is 5. The normalized spacial score (nSPS) is 12.1. The van der Waals surface area contributed by atoms with Gasteiger partial charge in [0.2, 0.25) is 0 Å². The van der Waals surface area contributed by atoms with Crippen molar-refractivity contribution in [3.8, 4) is 17.2 Å². The van der Waals surface area contributed by atoms with Crippen LogP contribution in [0.3, 0.4) is 0 Å². The average Bonchev–Trinajstić information content (AvgIpc) is 0.885. The Morgan fingerprint density at radius 2 is 0.716 bits per heavy atom. The fourth-order valence-electron chi connectivity index (χ4n) is 10.3. The predicted molar refractivity (Wildman–Crippen MR) is 404 cm³/mol. The third-order valence-electron chi connectivity index (χ3n) is 15.9. The van der Waals surface area contributed by atoms with Gasteiger partial charge in [-0.15, -0.1) is 0 Å². The van der Waals surface area contributed by atoms with Gasteiger partial charge in [-0.05, 0) is 128 Å². The summed E-state index contributed by atoms with van der Waals surface area (Å²) in [5.74, 6) is 0.127. The van der Waals surface area contributed by atoms with Crippen LogP contribution in [0, 0.1) is 10.8 Å². The molecule has 2 aliphatic rings. The van der Waals surface area contributed by atoms with E-state index in [1.54, 1.807) is 110 Å². The van der Waals surface area contributed by atoms with Crippen molar-refractivity contribution in [1.82, 2.24) is 24.8 Å². The van der Waals surface area contributed by atoms with Crippen LogP contribution < -0.4 is 30.2 Å². The lowest BCUT2D eigenvalue weighted by Crippen LogP contribution is -2.42. The Balaban J connectivity index is 0.000000178. The quantitative estimate of drug-likeness (QED) is 0.0194. The largest absolute Gasteiger partial charge is 0.496 e. The van der Waals surface area contributed by atoms with Crippen molar-refractivity contribution in [2.24, 2.45) is 4.99 Å². The lowest BCUT2D eigenvalue weighted by Gasteiger charge is -2.33. The van der Waals surface area contributed by atoms with E-state index in [0.717, 1.165) is 43.9 Å². The van der Waals surface area contributed by atoms with Crippen LogP contribution in [0.1, 0.15) is 109 Å². The molecule has 11 rings (SSSR count). The van der Waals surface area contributed by atoms with Gasteiger partial charge in [0.1, 0.15) is 46.4 Å². The first-order chi connectivity index (χ1) is 48.7. The molecule has 2 saturated heterocycles. The van der Waals surface area contributed by atoms with Crippen LogP contribution in [0.25, 0.3) is 0 Å². The van der Waals surface area contributed by atoms with E-state index in [9.17, 15) is 28.8 Å². The SMILES string of the molecule is CN=C(C)c1ccc(C(=O)Cc2c(OC)cc(Cl)cc2C(=O)Nc2ccc(Cl)cn2)c(Cl)c1.COc1cc(Cl)cc(C(=O)Nc2ccc(Cl)cn2)c1CC(=O)c1ccc(C(=N)N2CC2)cc1Cl.COc1cc(Cl)cc(C(=O)Nc2ccc(Cl)cn2)c1CC(=O)c1ccc(C(=N)N2CCC2)cc1Cl. The summed E-state index contributed by atoms with van der Waals surface area (Å²) in [5, 5.41) is 27.4. The highest BCUT2D eigenvalue weighted by atomic mass is 35.5. The first kappa shape index (κ1) is 77.0. The Morgan fingerprint density at radius 3 is 0.971 bits per heavy atom. The highest BCUT2D eigenvalue weighted by molar-refractivity contribution is 6.37. The summed E-state index contributed by atoms with van der Waals surface area (Å²) in [5.41, 5.74) is 5.43. The molecule has 0 spiro atoms. The highest BCUT2D eigenvalue weighted by Crippen LogP contribution is 2.35. The van der Waals surface area contributed by atoms with Crippen molar-refractivity contribution < 1.29 is 43.0 Å². The van der Waals surface area contributed by atoms with Gasteiger partial charge in [0, 0.05) is 153 Å². The van der Waals surface area contributed by atoms with E-state index in [0.29, 0.717) is 94.0 Å². The van der Waals surface area contributed by atoms with E-state index in [1.165, 1.54) is 64.2 Å². The van der Waals surface area contributed by atoms with E-state index in [2.05, 4.69) is 35.9 Å². The van der Waals surface area contributed by atoms with Gasteiger partial charge in [-0.2, -0.15) is 0 Å². The van der Waals surface area contributed by atoms with E-state index in [4.69, 9.17) is 129 Å². The second-order valence-corrected chi connectivity index (χ2v) is 26.4. The number of benzene rings is 6. The lowest BCUT2D eigenvalue weighted by atomic mass is 9.96. The molecule has 5 N–H and O–H groups in total. The minimum atomic E-state index is -0.508. The molecule has 2 fully saturated rings. The maximum absolute atomic E-state index is 13.2. The number of nitrogens with one attached hydrogen (secondary N) is 5. The Kier molecular flexibility index (Phi) is 26.5. The summed E-state index contributed by atoms with van der Waals surface area (Å²) in [6, 6.07) is 33.5. The zero-order chi connectivity index (χ0) is 73.6. The third-order valence-corrected chi connectivity index (χ3v) is 18.1. The molecular weight excluding hydrogens is 1490 g/mol. The molecule has 0 atom stereocenters. The molecule has 0 bridgehead atoms. The summed E-state index contributed by atoms with van der Waals surface area (Å²) < 4.78 is 16.3. The molecule has 0 radical (unpaired) electrons. The molecular formula is C73H60Cl9N11O9. The number of aromatic nitrogens is 3. The number of nitrogens with zero attached hydrogens (tertiary/aromatic N) is 6. The fourth-order valence-corrected chi connectivity index (χ4v) is 12.1. The van der Waals surface area contributed by atoms with Gasteiger partial charge in [-0.25, -0.2) is 15.0 Å². The fraction of sp³-hybridized carbons (Fsp3) is 0.178. The number of hydrogen-bond acceptors (Lipinski definition) is 15. The van der Waals surface area contributed by atoms with Crippen molar-refractivity contribution >= 4 is 174 Å². The summed E-state index contributed by atoms with van der Waals surface area (Å²) in [6.45, 7) is 5.20. The van der Waals surface area contributed by atoms with Crippen molar-refractivity contribution in [3.05, 3.63) is 258 Å². The number of Topliss-reactive ketones (excluding diaryl/α,β-unsaturated/α-hetero) is 3. The van der Waals surface area contributed by atoms with E-state index >= 15 is 0 Å². The van der Waals surface area contributed by atoms with Gasteiger partial charge >= 0.3 is 0 Å². The number of carbonyl (C=O) groups is 6. The van der Waals surface area contributed by atoms with Gasteiger partial charge in [0.05, 0.1) is 51.5 Å². The smallest absolute Gasteiger partial charge is 0.257 e. The zero-order valence-electron chi connectivity index (χ0n) is 54.8. The lowest BCUT2D eigenvalue weighted by molar-refractivity contribution is 0.0979. The molecule has 102 heavy (non-hydrogen) atoms. The Bertz CT molecular complexity index is 4790. The summed E-state index contributed by atoms with van der Waals surface area (Å²) in [6.07, 6.45) is 4.85. The number of aliphatic imine (C=N–C) groups is 1. The van der Waals surface area contributed by atoms with Crippen molar-refractivity contribution in [3.63, 3.8) is 0 Å². The highest BCUT2D eigenvalue weighted by Gasteiger charge is 2.28. The van der Waals surface area contributed by atoms with Gasteiger partial charge in [0.15, 0.2) is 17.3 Å². The second-order valence-electron chi connectivity index (χ2n) is 22.6. The number of likely N-dealkylation sites (tertiary alicyclic amines) is 1. The van der Waals surface area contributed by atoms with Crippen LogP contribution in [-0.4, -0.2) is 132 Å². The van der Waals surface area contributed by atoms with Crippen molar-refractivity contribution in [1.29, 1.82) is 10.8 Å². The molecule has 5 heterocycles. The number of rotatable bonds is 21. The van der Waals surface area contributed by atoms with Crippen molar-refractivity contribution in [2.45, 2.75) is 32.6 Å². The molecule has 3 amide bonds. The molecule has 20 nitrogen and oxygen atoms in total. The van der Waals surface area contributed by atoms with Crippen LogP contribution in [0.4, 0.5) is 17.5 Å². The Hall–Kier alpha value is -9.19. The van der Waals surface area contributed by atoms with Gasteiger partial charge in [0.25, 0.3) is 17.7 Å². The number of ether oxygens (including phenoxy) is 3. The maximum atomic E-state index is 13.2. The van der Waals surface area contributed by atoms with Crippen LogP contribution >= 0.6 is 104 Å². The van der Waals surface area contributed by atoms with Crippen LogP contribution in [-0.2, 0) is 19.3 Å². The molecule has 2 aliphatic heterocycles. The van der Waals surface area contributed by atoms with Crippen molar-refractivity contribution in [2.75, 3.05) is 70.5 Å². The number of halogens is 9. The summed E-state index contributed by atoms with van der Waals surface area (Å²) >= 11 is 55.4. The number of ketones is 3. The second kappa shape index (κ2) is 35.1. The topological polar surface area (TPSA) is 271 Å². The van der Waals surface area contributed by atoms with Gasteiger partial charge < -0.3 is 40.0 Å². The predicted octanol–water partition coefficient (Wildman–Crippen LogP) is 17.3. The zero-order valence-corrected chi connectivity index (χ0v) is 61.6. The van der Waals surface area contributed by atoms with Crippen LogP contribution in [0.5, 0.6) is 17.2 Å². The minimum absolute atomic E-state index is 0.128. The number of amidine groups is 2. The van der Waals surface area contributed by atoms with Crippen LogP contribution in [0.15, 0.2) is 151 Å². The number of amides is 3. The number of carbonyl (C=O) groups excluding carboxylic acids is 6. The first-order valence-corrected chi connectivity index (χ1v) is 34.1. The molecule has 0 unspecified atom stereocenters. The summed E-state index contributed by atoms with van der Waals surface area (Å²) in [4.78, 5) is 98.9. The Morgan fingerprint density at radius 1 is 0.412 bits per heavy atom. The number of anilines is 3.